The van der Waals surface area contributed by atoms with Gasteiger partial charge in [-0.1, -0.05) is 0 Å². The number of sulfone groups is 1. The van der Waals surface area contributed by atoms with Crippen LogP contribution in [0.1, 0.15) is 36.9 Å². The molecule has 35 heavy (non-hydrogen) atoms. The third-order valence-corrected chi connectivity index (χ3v) is 7.75. The molecule has 0 bridgehead atoms. The number of pyridine rings is 1. The van der Waals surface area contributed by atoms with Crippen LogP contribution in [-0.2, 0) is 16.0 Å². The highest BCUT2D eigenvalue weighted by Crippen LogP contribution is 2.31. The van der Waals surface area contributed by atoms with Gasteiger partial charge in [0.2, 0.25) is 5.95 Å². The first kappa shape index (κ1) is 25.6. The van der Waals surface area contributed by atoms with Crippen molar-refractivity contribution in [3.05, 3.63) is 35.8 Å². The number of nitrogens with zero attached hydrogens (tertiary/aromatic N) is 5. The topological polar surface area (TPSA) is 88.5 Å². The smallest absolute Gasteiger partial charge is 0.419 e. The number of hydrogen-bond donors (Lipinski definition) is 0. The number of rotatable bonds is 6. The Morgan fingerprint density at radius 1 is 1.03 bits per heavy atom. The van der Waals surface area contributed by atoms with Crippen molar-refractivity contribution in [2.24, 2.45) is 5.92 Å². The quantitative estimate of drug-likeness (QED) is 0.581. The van der Waals surface area contributed by atoms with Crippen LogP contribution < -0.4 is 9.64 Å². The van der Waals surface area contributed by atoms with Crippen molar-refractivity contribution < 1.29 is 26.3 Å². The molecular weight excluding hydrogens is 483 g/mol. The molecular formula is C23H30F3N5O3S. The monoisotopic (exact) mass is 513 g/mol. The molecule has 1 saturated carbocycles. The summed E-state index contributed by atoms with van der Waals surface area (Å²) >= 11 is 0. The minimum atomic E-state index is -4.43. The second-order valence-corrected chi connectivity index (χ2v) is 11.2. The SMILES string of the molecule is Cc1nc(S(C)(=O)=O)ccc1OC[C@H]1CC[C@H](N2CCN(c3ncc(C(F)(F)F)cn3)CC2)CC1. The predicted molar refractivity (Wildman–Crippen MR) is 124 cm³/mol. The van der Waals surface area contributed by atoms with Crippen LogP contribution in [0.15, 0.2) is 29.6 Å². The zero-order valence-electron chi connectivity index (χ0n) is 19.8. The third-order valence-electron chi connectivity index (χ3n) is 6.76. The Balaban J connectivity index is 1.21. The van der Waals surface area contributed by atoms with Crippen molar-refractivity contribution in [1.29, 1.82) is 0 Å². The summed E-state index contributed by atoms with van der Waals surface area (Å²) in [5.74, 6) is 1.39. The van der Waals surface area contributed by atoms with Gasteiger partial charge in [0.05, 0.1) is 17.9 Å². The van der Waals surface area contributed by atoms with Crippen LogP contribution in [0.25, 0.3) is 0 Å². The minimum absolute atomic E-state index is 0.0489. The summed E-state index contributed by atoms with van der Waals surface area (Å²) in [4.78, 5) is 16.4. The number of piperazine rings is 1. The van der Waals surface area contributed by atoms with E-state index in [4.69, 9.17) is 4.74 Å². The average molecular weight is 514 g/mol. The van der Waals surface area contributed by atoms with Gasteiger partial charge in [-0.3, -0.25) is 4.90 Å². The number of hydrogen-bond acceptors (Lipinski definition) is 8. The molecule has 8 nitrogen and oxygen atoms in total. The first-order valence-corrected chi connectivity index (χ1v) is 13.6. The number of aromatic nitrogens is 3. The Morgan fingerprint density at radius 2 is 1.66 bits per heavy atom. The number of anilines is 1. The Labute approximate surface area is 203 Å². The van der Waals surface area contributed by atoms with Crippen molar-refractivity contribution in [3.63, 3.8) is 0 Å². The largest absolute Gasteiger partial charge is 0.491 e. The average Bonchev–Trinajstić information content (AvgIpc) is 2.83. The summed E-state index contributed by atoms with van der Waals surface area (Å²) in [5.41, 5.74) is -0.269. The molecule has 4 rings (SSSR count). The van der Waals surface area contributed by atoms with Gasteiger partial charge >= 0.3 is 6.18 Å². The van der Waals surface area contributed by atoms with Crippen LogP contribution in [0, 0.1) is 12.8 Å². The molecule has 2 aliphatic rings. The number of halogens is 3. The van der Waals surface area contributed by atoms with E-state index in [1.807, 2.05) is 4.90 Å². The van der Waals surface area contributed by atoms with Crippen molar-refractivity contribution in [1.82, 2.24) is 19.9 Å². The van der Waals surface area contributed by atoms with Crippen molar-refractivity contribution in [3.8, 4) is 5.75 Å². The lowest BCUT2D eigenvalue weighted by Gasteiger charge is -2.42. The van der Waals surface area contributed by atoms with E-state index in [1.54, 1.807) is 13.0 Å². The van der Waals surface area contributed by atoms with Crippen LogP contribution in [-0.4, -0.2) is 73.4 Å². The first-order chi connectivity index (χ1) is 16.5. The molecule has 1 saturated heterocycles. The number of ether oxygens (including phenoxy) is 1. The van der Waals surface area contributed by atoms with Crippen LogP contribution in [0.5, 0.6) is 5.75 Å². The van der Waals surface area contributed by atoms with Crippen molar-refractivity contribution in [2.75, 3.05) is 43.9 Å². The Bertz CT molecular complexity index is 1110. The zero-order valence-corrected chi connectivity index (χ0v) is 20.6. The highest BCUT2D eigenvalue weighted by Gasteiger charge is 2.32. The molecule has 0 amide bonds. The molecule has 192 valence electrons. The van der Waals surface area contributed by atoms with Crippen LogP contribution in [0.3, 0.4) is 0 Å². The third kappa shape index (κ3) is 6.40. The summed E-state index contributed by atoms with van der Waals surface area (Å²) in [6.45, 7) is 5.35. The Kier molecular flexibility index (Phi) is 7.51. The second kappa shape index (κ2) is 10.3. The maximum absolute atomic E-state index is 12.7. The van der Waals surface area contributed by atoms with E-state index in [1.165, 1.54) is 6.07 Å². The maximum atomic E-state index is 12.7. The summed E-state index contributed by atoms with van der Waals surface area (Å²) < 4.78 is 67.4. The molecule has 0 N–H and O–H groups in total. The lowest BCUT2D eigenvalue weighted by atomic mass is 9.85. The first-order valence-electron chi connectivity index (χ1n) is 11.7. The van der Waals surface area contributed by atoms with E-state index in [0.717, 1.165) is 57.4 Å². The van der Waals surface area contributed by atoms with Gasteiger partial charge in [0.1, 0.15) is 5.75 Å². The van der Waals surface area contributed by atoms with E-state index in [9.17, 15) is 21.6 Å². The highest BCUT2D eigenvalue weighted by molar-refractivity contribution is 7.90. The zero-order chi connectivity index (χ0) is 25.2. The van der Waals surface area contributed by atoms with Crippen molar-refractivity contribution >= 4 is 15.8 Å². The summed E-state index contributed by atoms with van der Waals surface area (Å²) in [6.07, 6.45) is 2.60. The summed E-state index contributed by atoms with van der Waals surface area (Å²) in [5, 5.41) is 0.0489. The Morgan fingerprint density at radius 3 is 2.20 bits per heavy atom. The van der Waals surface area contributed by atoms with Gasteiger partial charge in [0, 0.05) is 50.9 Å². The van der Waals surface area contributed by atoms with Gasteiger partial charge in [0.15, 0.2) is 14.9 Å². The molecule has 0 unspecified atom stereocenters. The van der Waals surface area contributed by atoms with Crippen LogP contribution in [0.4, 0.5) is 19.1 Å². The molecule has 1 aliphatic heterocycles. The van der Waals surface area contributed by atoms with Gasteiger partial charge < -0.3 is 9.64 Å². The molecule has 2 aromatic rings. The Hall–Kier alpha value is -2.47. The molecule has 0 atom stereocenters. The highest BCUT2D eigenvalue weighted by atomic mass is 32.2. The predicted octanol–water partition coefficient (Wildman–Crippen LogP) is 3.36. The standard InChI is InChI=1S/C23H30F3N5O3S/c1-16-20(7-8-21(29-16)35(2,32)33)34-15-17-3-5-19(6-4-17)30-9-11-31(12-10-30)22-27-13-18(14-28-22)23(24,25)26/h7-8,13-14,17,19H,3-6,9-12,15H2,1-2H3/t17-,19-. The van der Waals surface area contributed by atoms with Gasteiger partial charge in [-0.05, 0) is 50.7 Å². The van der Waals surface area contributed by atoms with E-state index in [2.05, 4.69) is 19.9 Å². The van der Waals surface area contributed by atoms with Gasteiger partial charge in [-0.15, -0.1) is 0 Å². The van der Waals surface area contributed by atoms with Gasteiger partial charge in [-0.2, -0.15) is 13.2 Å². The molecule has 0 radical (unpaired) electrons. The lowest BCUT2D eigenvalue weighted by molar-refractivity contribution is -0.138. The summed E-state index contributed by atoms with van der Waals surface area (Å²) in [6, 6.07) is 3.63. The van der Waals surface area contributed by atoms with E-state index < -0.39 is 21.6 Å². The fraction of sp³-hybridized carbons (Fsp3) is 0.609. The number of aryl methyl sites for hydroxylation is 1. The fourth-order valence-electron chi connectivity index (χ4n) is 4.69. The van der Waals surface area contributed by atoms with Gasteiger partial charge in [0.25, 0.3) is 0 Å². The molecule has 3 heterocycles. The van der Waals surface area contributed by atoms with Crippen molar-refractivity contribution in [2.45, 2.75) is 49.9 Å². The maximum Gasteiger partial charge on any atom is 0.419 e. The van der Waals surface area contributed by atoms with E-state index in [0.29, 0.717) is 49.0 Å². The van der Waals surface area contributed by atoms with Gasteiger partial charge in [-0.25, -0.2) is 23.4 Å². The normalized spacial score (nSPS) is 22.3. The fourth-order valence-corrected chi connectivity index (χ4v) is 5.30. The molecule has 2 fully saturated rings. The van der Waals surface area contributed by atoms with Crippen LogP contribution in [0.2, 0.25) is 0 Å². The molecule has 1 aliphatic carbocycles. The van der Waals surface area contributed by atoms with E-state index in [-0.39, 0.29) is 5.03 Å². The summed E-state index contributed by atoms with van der Waals surface area (Å²) in [7, 11) is -3.34. The number of alkyl halides is 3. The molecule has 12 heteroatoms. The van der Waals surface area contributed by atoms with E-state index >= 15 is 0 Å². The second-order valence-electron chi connectivity index (χ2n) is 9.28. The lowest BCUT2D eigenvalue weighted by Crippen LogP contribution is -2.51. The minimum Gasteiger partial charge on any atom is -0.491 e. The van der Waals surface area contributed by atoms with Crippen LogP contribution >= 0.6 is 0 Å². The molecule has 0 spiro atoms. The molecule has 0 aromatic carbocycles. The molecule has 2 aromatic heterocycles.